The third kappa shape index (κ3) is 3.17. The van der Waals surface area contributed by atoms with E-state index >= 15 is 0 Å². The lowest BCUT2D eigenvalue weighted by molar-refractivity contribution is -0.118. The van der Waals surface area contributed by atoms with Crippen LogP contribution in [0.4, 0.5) is 5.69 Å². The smallest absolute Gasteiger partial charge is 0.241 e. The Morgan fingerprint density at radius 2 is 2.00 bits per heavy atom. The quantitative estimate of drug-likeness (QED) is 0.863. The van der Waals surface area contributed by atoms with Crippen LogP contribution in [0.1, 0.15) is 13.8 Å². The monoisotopic (exact) mass is 259 g/mol. The predicted molar refractivity (Wildman–Crippen MR) is 72.8 cm³/mol. The molecule has 0 bridgehead atoms. The van der Waals surface area contributed by atoms with Crippen molar-refractivity contribution in [2.75, 3.05) is 5.32 Å². The van der Waals surface area contributed by atoms with Gasteiger partial charge in [-0.15, -0.1) is 10.2 Å². The molecule has 0 saturated carbocycles. The Morgan fingerprint density at radius 3 is 2.63 bits per heavy atom. The Hall–Kier alpha value is -2.21. The van der Waals surface area contributed by atoms with E-state index in [1.165, 1.54) is 0 Å². The summed E-state index contributed by atoms with van der Waals surface area (Å²) >= 11 is 0. The fraction of sp³-hybridized carbons (Fsp3) is 0.308. The number of hydrogen-bond acceptors (Lipinski definition) is 4. The summed E-state index contributed by atoms with van der Waals surface area (Å²) in [6, 6.07) is 6.90. The molecule has 100 valence electrons. The molecule has 0 saturated heterocycles. The van der Waals surface area contributed by atoms with Crippen LogP contribution in [0.3, 0.4) is 0 Å². The van der Waals surface area contributed by atoms with Crippen LogP contribution in [0, 0.1) is 5.92 Å². The first kappa shape index (κ1) is 13.2. The van der Waals surface area contributed by atoms with Crippen LogP contribution in [-0.4, -0.2) is 26.7 Å². The van der Waals surface area contributed by atoms with Crippen molar-refractivity contribution in [3.8, 4) is 5.69 Å². The van der Waals surface area contributed by atoms with Gasteiger partial charge in [0.2, 0.25) is 5.91 Å². The van der Waals surface area contributed by atoms with Crippen molar-refractivity contribution >= 4 is 11.6 Å². The topological polar surface area (TPSA) is 85.8 Å². The zero-order valence-electron chi connectivity index (χ0n) is 10.9. The average Bonchev–Trinajstić information content (AvgIpc) is 2.91. The van der Waals surface area contributed by atoms with Gasteiger partial charge in [0, 0.05) is 5.69 Å². The van der Waals surface area contributed by atoms with E-state index in [2.05, 4.69) is 15.5 Å². The van der Waals surface area contributed by atoms with Crippen LogP contribution >= 0.6 is 0 Å². The van der Waals surface area contributed by atoms with Gasteiger partial charge in [-0.2, -0.15) is 0 Å². The number of benzene rings is 1. The van der Waals surface area contributed by atoms with Gasteiger partial charge in [0.1, 0.15) is 12.7 Å². The molecule has 1 unspecified atom stereocenters. The molecule has 6 heteroatoms. The second-order valence-corrected chi connectivity index (χ2v) is 4.68. The lowest BCUT2D eigenvalue weighted by Crippen LogP contribution is -2.39. The summed E-state index contributed by atoms with van der Waals surface area (Å²) in [6.45, 7) is 3.83. The van der Waals surface area contributed by atoms with Gasteiger partial charge < -0.3 is 11.1 Å². The number of nitrogens with zero attached hydrogens (tertiary/aromatic N) is 3. The number of nitrogens with one attached hydrogen (secondary N) is 1. The minimum absolute atomic E-state index is 0.0982. The van der Waals surface area contributed by atoms with E-state index in [1.54, 1.807) is 17.2 Å². The number of anilines is 1. The fourth-order valence-corrected chi connectivity index (χ4v) is 1.61. The summed E-state index contributed by atoms with van der Waals surface area (Å²) in [5, 5.41) is 10.3. The van der Waals surface area contributed by atoms with Gasteiger partial charge in [-0.25, -0.2) is 0 Å². The lowest BCUT2D eigenvalue weighted by atomic mass is 10.0. The van der Waals surface area contributed by atoms with Crippen LogP contribution in [0.2, 0.25) is 0 Å². The van der Waals surface area contributed by atoms with Crippen molar-refractivity contribution in [1.29, 1.82) is 0 Å². The number of nitrogens with two attached hydrogens (primary N) is 1. The minimum atomic E-state index is -0.515. The van der Waals surface area contributed by atoms with Crippen molar-refractivity contribution in [3.63, 3.8) is 0 Å². The minimum Gasteiger partial charge on any atom is -0.325 e. The van der Waals surface area contributed by atoms with Crippen LogP contribution in [-0.2, 0) is 4.79 Å². The summed E-state index contributed by atoms with van der Waals surface area (Å²) < 4.78 is 1.76. The van der Waals surface area contributed by atoms with Gasteiger partial charge in [-0.3, -0.25) is 9.36 Å². The largest absolute Gasteiger partial charge is 0.325 e. The van der Waals surface area contributed by atoms with E-state index in [1.807, 2.05) is 38.1 Å². The normalized spacial score (nSPS) is 12.4. The summed E-state index contributed by atoms with van der Waals surface area (Å²) in [5.41, 5.74) is 7.38. The number of aromatic nitrogens is 3. The zero-order chi connectivity index (χ0) is 13.8. The number of amides is 1. The SMILES string of the molecule is CC(C)C(N)C(=O)Nc1cccc(-n2cnnc2)c1. The Labute approximate surface area is 111 Å². The van der Waals surface area contributed by atoms with Crippen LogP contribution in [0.25, 0.3) is 5.69 Å². The number of carbonyl (C=O) groups is 1. The molecule has 0 radical (unpaired) electrons. The molecule has 0 aliphatic carbocycles. The van der Waals surface area contributed by atoms with Gasteiger partial charge in [-0.1, -0.05) is 19.9 Å². The highest BCUT2D eigenvalue weighted by atomic mass is 16.2. The van der Waals surface area contributed by atoms with Crippen molar-refractivity contribution in [2.24, 2.45) is 11.7 Å². The van der Waals surface area contributed by atoms with Crippen molar-refractivity contribution < 1.29 is 4.79 Å². The molecule has 2 aromatic rings. The van der Waals surface area contributed by atoms with Crippen molar-refractivity contribution in [1.82, 2.24) is 14.8 Å². The summed E-state index contributed by atoms with van der Waals surface area (Å²) in [4.78, 5) is 11.9. The summed E-state index contributed by atoms with van der Waals surface area (Å²) in [6.07, 6.45) is 3.20. The van der Waals surface area contributed by atoms with Crippen LogP contribution in [0.5, 0.6) is 0 Å². The van der Waals surface area contributed by atoms with E-state index < -0.39 is 6.04 Å². The molecule has 1 amide bonds. The molecule has 0 spiro atoms. The maximum absolute atomic E-state index is 11.9. The molecule has 1 atom stereocenters. The van der Waals surface area contributed by atoms with Crippen molar-refractivity contribution in [3.05, 3.63) is 36.9 Å². The Balaban J connectivity index is 2.14. The standard InChI is InChI=1S/C13H17N5O/c1-9(2)12(14)13(19)17-10-4-3-5-11(6-10)18-7-15-16-8-18/h3-9,12H,14H2,1-2H3,(H,17,19). The maximum atomic E-state index is 11.9. The molecule has 6 nitrogen and oxygen atoms in total. The van der Waals surface area contributed by atoms with Gasteiger partial charge in [0.05, 0.1) is 11.7 Å². The van der Waals surface area contributed by atoms with E-state index in [4.69, 9.17) is 5.73 Å². The van der Waals surface area contributed by atoms with E-state index in [9.17, 15) is 4.79 Å². The molecule has 2 rings (SSSR count). The Morgan fingerprint density at radius 1 is 1.32 bits per heavy atom. The molecule has 1 aromatic heterocycles. The highest BCUT2D eigenvalue weighted by molar-refractivity contribution is 5.95. The summed E-state index contributed by atoms with van der Waals surface area (Å²) in [7, 11) is 0. The molecular formula is C13H17N5O. The molecule has 0 fully saturated rings. The van der Waals surface area contributed by atoms with Crippen LogP contribution in [0.15, 0.2) is 36.9 Å². The first-order valence-corrected chi connectivity index (χ1v) is 6.09. The molecule has 3 N–H and O–H groups in total. The number of rotatable bonds is 4. The zero-order valence-corrected chi connectivity index (χ0v) is 10.9. The first-order valence-electron chi connectivity index (χ1n) is 6.09. The maximum Gasteiger partial charge on any atom is 0.241 e. The molecule has 1 heterocycles. The third-order valence-electron chi connectivity index (χ3n) is 2.85. The number of hydrogen-bond donors (Lipinski definition) is 2. The third-order valence-corrected chi connectivity index (χ3v) is 2.85. The average molecular weight is 259 g/mol. The second-order valence-electron chi connectivity index (χ2n) is 4.68. The molecule has 0 aliphatic heterocycles. The molecular weight excluding hydrogens is 242 g/mol. The predicted octanol–water partition coefficient (Wildman–Crippen LogP) is 1.19. The highest BCUT2D eigenvalue weighted by Crippen LogP contribution is 2.14. The Bertz CT molecular complexity index is 550. The highest BCUT2D eigenvalue weighted by Gasteiger charge is 2.17. The van der Waals surface area contributed by atoms with Gasteiger partial charge in [0.25, 0.3) is 0 Å². The van der Waals surface area contributed by atoms with Gasteiger partial charge >= 0.3 is 0 Å². The Kier molecular flexibility index (Phi) is 3.91. The van der Waals surface area contributed by atoms with Crippen LogP contribution < -0.4 is 11.1 Å². The molecule has 1 aromatic carbocycles. The lowest BCUT2D eigenvalue weighted by Gasteiger charge is -2.15. The van der Waals surface area contributed by atoms with Gasteiger partial charge in [0.15, 0.2) is 0 Å². The van der Waals surface area contributed by atoms with E-state index in [0.717, 1.165) is 5.69 Å². The summed E-state index contributed by atoms with van der Waals surface area (Å²) in [5.74, 6) is -0.0862. The van der Waals surface area contributed by atoms with E-state index in [-0.39, 0.29) is 11.8 Å². The second kappa shape index (κ2) is 5.62. The first-order chi connectivity index (χ1) is 9.08. The fourth-order valence-electron chi connectivity index (χ4n) is 1.61. The van der Waals surface area contributed by atoms with E-state index in [0.29, 0.717) is 5.69 Å². The molecule has 0 aliphatic rings. The van der Waals surface area contributed by atoms with Crippen molar-refractivity contribution in [2.45, 2.75) is 19.9 Å². The van der Waals surface area contributed by atoms with Gasteiger partial charge in [-0.05, 0) is 24.1 Å². The molecule has 19 heavy (non-hydrogen) atoms. The number of carbonyl (C=O) groups excluding carboxylic acids is 1.